The van der Waals surface area contributed by atoms with Crippen molar-refractivity contribution in [2.45, 2.75) is 22.9 Å². The van der Waals surface area contributed by atoms with Gasteiger partial charge in [0.2, 0.25) is 0 Å². The number of amides is 4. The van der Waals surface area contributed by atoms with Crippen LogP contribution >= 0.6 is 11.8 Å². The number of carbonyl (C=O) groups excluding carboxylic acids is 3. The van der Waals surface area contributed by atoms with Gasteiger partial charge < -0.3 is 10.6 Å². The van der Waals surface area contributed by atoms with E-state index in [1.165, 1.54) is 37.3 Å². The van der Waals surface area contributed by atoms with Crippen LogP contribution in [-0.2, 0) is 10.3 Å². The highest BCUT2D eigenvalue weighted by atomic mass is 32.2. The molecule has 1 aliphatic heterocycles. The van der Waals surface area contributed by atoms with Crippen LogP contribution in [0.4, 0.5) is 23.7 Å². The van der Waals surface area contributed by atoms with Crippen LogP contribution in [-0.4, -0.2) is 23.4 Å². The van der Waals surface area contributed by atoms with Crippen LogP contribution in [0.1, 0.15) is 22.8 Å². The molecule has 1 saturated heterocycles. The Bertz CT molecular complexity index is 947. The van der Waals surface area contributed by atoms with Gasteiger partial charge in [-0.1, -0.05) is 12.1 Å². The maximum atomic E-state index is 12.4. The smallest absolute Gasteiger partial charge is 0.322 e. The molecule has 0 spiro atoms. The Hall–Kier alpha value is -3.01. The van der Waals surface area contributed by atoms with Crippen LogP contribution in [0.3, 0.4) is 0 Å². The second-order valence-electron chi connectivity index (χ2n) is 6.14. The van der Waals surface area contributed by atoms with Crippen LogP contribution in [0.2, 0.25) is 0 Å². The predicted octanol–water partition coefficient (Wildman–Crippen LogP) is 3.61. The minimum Gasteiger partial charge on any atom is -0.322 e. The Morgan fingerprint density at radius 1 is 1.11 bits per heavy atom. The molecule has 3 rings (SSSR count). The summed E-state index contributed by atoms with van der Waals surface area (Å²) in [5.74, 6) is -1.04. The molecule has 3 N–H and O–H groups in total. The molecule has 6 nitrogen and oxygen atoms in total. The third-order valence-electron chi connectivity index (χ3n) is 4.09. The van der Waals surface area contributed by atoms with Gasteiger partial charge in [-0.3, -0.25) is 14.9 Å². The van der Waals surface area contributed by atoms with Crippen molar-refractivity contribution in [1.82, 2.24) is 10.6 Å². The standard InChI is InChI=1S/C18H14F3N3O3S/c1-17(15(26)23-16(27)24-17)11-3-2-4-12(9-11)22-14(25)10-5-7-13(8-6-10)28-18(19,20)21/h2-9H,1H3,(H,22,25)(H2,23,24,26,27)/t17-/m0/s1. The van der Waals surface area contributed by atoms with Crippen molar-refractivity contribution < 1.29 is 27.6 Å². The fraction of sp³-hybridized carbons (Fsp3) is 0.167. The molecule has 1 atom stereocenters. The van der Waals surface area contributed by atoms with Gasteiger partial charge in [0.05, 0.1) is 0 Å². The van der Waals surface area contributed by atoms with Gasteiger partial charge in [0.1, 0.15) is 5.54 Å². The van der Waals surface area contributed by atoms with E-state index in [2.05, 4.69) is 16.0 Å². The Balaban J connectivity index is 1.75. The molecular formula is C18H14F3N3O3S. The number of alkyl halides is 3. The van der Waals surface area contributed by atoms with Gasteiger partial charge in [-0.15, -0.1) is 0 Å². The molecule has 146 valence electrons. The predicted molar refractivity (Wildman–Crippen MR) is 96.8 cm³/mol. The van der Waals surface area contributed by atoms with Crippen LogP contribution in [0.15, 0.2) is 53.4 Å². The number of nitrogens with one attached hydrogen (secondary N) is 3. The van der Waals surface area contributed by atoms with E-state index in [0.717, 1.165) is 0 Å². The van der Waals surface area contributed by atoms with Gasteiger partial charge in [0, 0.05) is 16.1 Å². The maximum absolute atomic E-state index is 12.4. The second-order valence-corrected chi connectivity index (χ2v) is 7.28. The van der Waals surface area contributed by atoms with Crippen molar-refractivity contribution in [3.63, 3.8) is 0 Å². The number of halogens is 3. The molecule has 0 saturated carbocycles. The van der Waals surface area contributed by atoms with Crippen LogP contribution < -0.4 is 16.0 Å². The van der Waals surface area contributed by atoms with Crippen LogP contribution in [0.5, 0.6) is 0 Å². The number of hydrogen-bond donors (Lipinski definition) is 3. The highest BCUT2D eigenvalue weighted by molar-refractivity contribution is 8.00. The molecule has 1 aliphatic rings. The summed E-state index contributed by atoms with van der Waals surface area (Å²) in [6, 6.07) is 10.8. The van der Waals surface area contributed by atoms with Crippen molar-refractivity contribution in [3.8, 4) is 0 Å². The fourth-order valence-corrected chi connectivity index (χ4v) is 3.21. The largest absolute Gasteiger partial charge is 0.446 e. The van der Waals surface area contributed by atoms with Crippen molar-refractivity contribution in [1.29, 1.82) is 0 Å². The first-order valence-corrected chi connectivity index (χ1v) is 8.80. The SMILES string of the molecule is C[C@@]1(c2cccc(NC(=O)c3ccc(SC(F)(F)F)cc3)c2)NC(=O)NC1=O. The highest BCUT2D eigenvalue weighted by Gasteiger charge is 2.43. The van der Waals surface area contributed by atoms with Crippen LogP contribution in [0, 0.1) is 0 Å². The summed E-state index contributed by atoms with van der Waals surface area (Å²) in [4.78, 5) is 35.8. The number of carbonyl (C=O) groups is 3. The zero-order chi connectivity index (χ0) is 20.5. The minimum atomic E-state index is -4.40. The number of urea groups is 1. The number of rotatable bonds is 4. The zero-order valence-corrected chi connectivity index (χ0v) is 15.2. The molecule has 0 unspecified atom stereocenters. The van der Waals surface area contributed by atoms with E-state index >= 15 is 0 Å². The summed E-state index contributed by atoms with van der Waals surface area (Å²) in [5.41, 5.74) is -4.66. The van der Waals surface area contributed by atoms with Gasteiger partial charge in [-0.2, -0.15) is 13.2 Å². The lowest BCUT2D eigenvalue weighted by Crippen LogP contribution is -2.40. The summed E-state index contributed by atoms with van der Waals surface area (Å²) in [7, 11) is 0. The Morgan fingerprint density at radius 3 is 2.36 bits per heavy atom. The van der Waals surface area contributed by atoms with E-state index < -0.39 is 28.9 Å². The topological polar surface area (TPSA) is 87.3 Å². The lowest BCUT2D eigenvalue weighted by molar-refractivity contribution is -0.123. The Kier molecular flexibility index (Phi) is 5.07. The van der Waals surface area contributed by atoms with Crippen LogP contribution in [0.25, 0.3) is 0 Å². The number of imide groups is 1. The first kappa shape index (κ1) is 19.7. The quantitative estimate of drug-likeness (QED) is 0.532. The average Bonchev–Trinajstić information content (AvgIpc) is 2.87. The van der Waals surface area contributed by atoms with E-state index in [0.29, 0.717) is 11.3 Å². The Labute approximate surface area is 161 Å². The summed E-state index contributed by atoms with van der Waals surface area (Å²) in [6.07, 6.45) is 0. The fourth-order valence-electron chi connectivity index (χ4n) is 2.67. The molecule has 2 aromatic rings. The van der Waals surface area contributed by atoms with Crippen molar-refractivity contribution in [3.05, 3.63) is 59.7 Å². The molecule has 0 aliphatic carbocycles. The monoisotopic (exact) mass is 409 g/mol. The molecule has 10 heteroatoms. The second kappa shape index (κ2) is 7.19. The zero-order valence-electron chi connectivity index (χ0n) is 14.4. The van der Waals surface area contributed by atoms with E-state index in [1.54, 1.807) is 18.2 Å². The molecular weight excluding hydrogens is 395 g/mol. The first-order valence-electron chi connectivity index (χ1n) is 7.98. The maximum Gasteiger partial charge on any atom is 0.446 e. The number of benzene rings is 2. The van der Waals surface area contributed by atoms with Gasteiger partial charge in [-0.05, 0) is 60.6 Å². The summed E-state index contributed by atoms with van der Waals surface area (Å²) in [6.45, 7) is 1.53. The highest BCUT2D eigenvalue weighted by Crippen LogP contribution is 2.36. The summed E-state index contributed by atoms with van der Waals surface area (Å²) >= 11 is -0.263. The van der Waals surface area contributed by atoms with Crippen molar-refractivity contribution in [2.24, 2.45) is 0 Å². The first-order chi connectivity index (χ1) is 13.1. The Morgan fingerprint density at radius 2 is 1.79 bits per heavy atom. The van der Waals surface area contributed by atoms with E-state index in [9.17, 15) is 27.6 Å². The molecule has 2 aromatic carbocycles. The third kappa shape index (κ3) is 4.28. The van der Waals surface area contributed by atoms with Crippen molar-refractivity contribution >= 4 is 35.3 Å². The molecule has 0 radical (unpaired) electrons. The van der Waals surface area contributed by atoms with Crippen molar-refractivity contribution in [2.75, 3.05) is 5.32 Å². The summed E-state index contributed by atoms with van der Waals surface area (Å²) < 4.78 is 37.1. The van der Waals surface area contributed by atoms with E-state index in [4.69, 9.17) is 0 Å². The molecule has 0 aromatic heterocycles. The lowest BCUT2D eigenvalue weighted by Gasteiger charge is -2.21. The number of thioether (sulfide) groups is 1. The van der Waals surface area contributed by atoms with Gasteiger partial charge in [-0.25, -0.2) is 4.79 Å². The molecule has 1 fully saturated rings. The normalized spacial score (nSPS) is 19.1. The van der Waals surface area contributed by atoms with E-state index in [1.807, 2.05) is 0 Å². The number of hydrogen-bond acceptors (Lipinski definition) is 4. The minimum absolute atomic E-state index is 0.0260. The van der Waals surface area contributed by atoms with Gasteiger partial charge in [0.15, 0.2) is 0 Å². The average molecular weight is 409 g/mol. The molecule has 4 amide bonds. The van der Waals surface area contributed by atoms with E-state index in [-0.39, 0.29) is 22.2 Å². The molecule has 1 heterocycles. The molecule has 0 bridgehead atoms. The molecule has 28 heavy (non-hydrogen) atoms. The lowest BCUT2D eigenvalue weighted by atomic mass is 9.92. The van der Waals surface area contributed by atoms with Gasteiger partial charge in [0.25, 0.3) is 11.8 Å². The summed E-state index contributed by atoms with van der Waals surface area (Å²) in [5, 5.41) is 7.30. The third-order valence-corrected chi connectivity index (χ3v) is 4.83. The number of anilines is 1. The van der Waals surface area contributed by atoms with Gasteiger partial charge >= 0.3 is 11.5 Å².